The Morgan fingerprint density at radius 3 is 3.25 bits per heavy atom. The van der Waals surface area contributed by atoms with Gasteiger partial charge in [-0.1, -0.05) is 6.07 Å². The summed E-state index contributed by atoms with van der Waals surface area (Å²) in [6, 6.07) is 4.02. The molecule has 0 aromatic carbocycles. The van der Waals surface area contributed by atoms with Crippen LogP contribution in [-0.4, -0.2) is 11.6 Å². The lowest BCUT2D eigenvalue weighted by atomic mass is 10.1. The van der Waals surface area contributed by atoms with Gasteiger partial charge in [-0.15, -0.1) is 0 Å². The molecule has 2 N–H and O–H groups in total. The Labute approximate surface area is 71.6 Å². The van der Waals surface area contributed by atoms with Crippen molar-refractivity contribution in [2.24, 2.45) is 5.73 Å². The van der Waals surface area contributed by atoms with Crippen molar-refractivity contribution in [1.82, 2.24) is 4.98 Å². The molecule has 12 heavy (non-hydrogen) atoms. The van der Waals surface area contributed by atoms with E-state index in [1.54, 1.807) is 0 Å². The second-order valence-corrected chi connectivity index (χ2v) is 2.92. The summed E-state index contributed by atoms with van der Waals surface area (Å²) < 4.78 is 5.30. The first kappa shape index (κ1) is 7.71. The molecule has 1 aromatic heterocycles. The summed E-state index contributed by atoms with van der Waals surface area (Å²) in [6.45, 7) is 2.01. The van der Waals surface area contributed by atoms with Crippen LogP contribution in [-0.2, 0) is 24.3 Å². The minimum Gasteiger partial charge on any atom is -0.376 e. The first-order valence-electron chi connectivity index (χ1n) is 4.15. The van der Waals surface area contributed by atoms with Crippen LogP contribution in [0.1, 0.15) is 17.0 Å². The van der Waals surface area contributed by atoms with Crippen molar-refractivity contribution in [3.05, 3.63) is 29.1 Å². The number of rotatable bonds is 1. The Hall–Kier alpha value is -0.930. The molecule has 0 radical (unpaired) electrons. The molecule has 0 aliphatic carbocycles. The van der Waals surface area contributed by atoms with E-state index in [4.69, 9.17) is 10.5 Å². The zero-order valence-electron chi connectivity index (χ0n) is 6.92. The van der Waals surface area contributed by atoms with E-state index in [9.17, 15) is 0 Å². The van der Waals surface area contributed by atoms with Gasteiger partial charge in [-0.05, 0) is 11.6 Å². The van der Waals surface area contributed by atoms with Crippen molar-refractivity contribution in [1.29, 1.82) is 0 Å². The summed E-state index contributed by atoms with van der Waals surface area (Å²) in [4.78, 5) is 4.43. The first-order chi connectivity index (χ1) is 5.90. The summed E-state index contributed by atoms with van der Waals surface area (Å²) in [7, 11) is 0. The van der Waals surface area contributed by atoms with E-state index in [-0.39, 0.29) is 0 Å². The minimum atomic E-state index is 0.522. The number of hydrogen-bond donors (Lipinski definition) is 1. The van der Waals surface area contributed by atoms with E-state index in [0.717, 1.165) is 24.4 Å². The van der Waals surface area contributed by atoms with Crippen molar-refractivity contribution in [2.45, 2.75) is 19.6 Å². The molecular weight excluding hydrogens is 152 g/mol. The van der Waals surface area contributed by atoms with Gasteiger partial charge in [-0.3, -0.25) is 4.98 Å². The summed E-state index contributed by atoms with van der Waals surface area (Å²) in [6.07, 6.45) is 0.920. The van der Waals surface area contributed by atoms with Gasteiger partial charge in [0, 0.05) is 18.7 Å². The summed E-state index contributed by atoms with van der Waals surface area (Å²) >= 11 is 0. The third-order valence-electron chi connectivity index (χ3n) is 2.08. The number of fused-ring (bicyclic) bond motifs is 1. The summed E-state index contributed by atoms with van der Waals surface area (Å²) in [5.74, 6) is 0. The fourth-order valence-corrected chi connectivity index (χ4v) is 1.39. The first-order valence-corrected chi connectivity index (χ1v) is 4.15. The average Bonchev–Trinajstić information content (AvgIpc) is 2.17. The molecule has 3 heteroatoms. The van der Waals surface area contributed by atoms with Crippen molar-refractivity contribution in [3.8, 4) is 0 Å². The van der Waals surface area contributed by atoms with Crippen LogP contribution in [0.25, 0.3) is 0 Å². The van der Waals surface area contributed by atoms with E-state index >= 15 is 0 Å². The van der Waals surface area contributed by atoms with Crippen LogP contribution in [0.3, 0.4) is 0 Å². The molecular formula is C9H12N2O. The van der Waals surface area contributed by atoms with Gasteiger partial charge in [0.25, 0.3) is 0 Å². The standard InChI is InChI=1S/C9H12N2O/c10-5-8-2-1-7-6-12-4-3-9(7)11-8/h1-2H,3-6,10H2. The van der Waals surface area contributed by atoms with Gasteiger partial charge in [0.05, 0.1) is 18.9 Å². The highest BCUT2D eigenvalue weighted by Gasteiger charge is 2.10. The molecule has 1 aliphatic rings. The molecule has 0 spiro atoms. The van der Waals surface area contributed by atoms with Gasteiger partial charge >= 0.3 is 0 Å². The number of nitrogens with zero attached hydrogens (tertiary/aromatic N) is 1. The van der Waals surface area contributed by atoms with Crippen LogP contribution in [0.15, 0.2) is 12.1 Å². The van der Waals surface area contributed by atoms with Gasteiger partial charge in [-0.2, -0.15) is 0 Å². The lowest BCUT2D eigenvalue weighted by Crippen LogP contribution is -2.13. The normalized spacial score (nSPS) is 15.8. The maximum atomic E-state index is 5.49. The largest absolute Gasteiger partial charge is 0.376 e. The van der Waals surface area contributed by atoms with Crippen molar-refractivity contribution in [2.75, 3.05) is 6.61 Å². The zero-order valence-corrected chi connectivity index (χ0v) is 6.92. The molecule has 0 saturated heterocycles. The molecule has 0 amide bonds. The van der Waals surface area contributed by atoms with Crippen LogP contribution < -0.4 is 5.73 Å². The Morgan fingerprint density at radius 1 is 1.50 bits per heavy atom. The molecule has 2 rings (SSSR count). The fraction of sp³-hybridized carbons (Fsp3) is 0.444. The van der Waals surface area contributed by atoms with Crippen LogP contribution in [0.5, 0.6) is 0 Å². The highest BCUT2D eigenvalue weighted by molar-refractivity contribution is 5.23. The quantitative estimate of drug-likeness (QED) is 0.661. The molecule has 1 aromatic rings. The third kappa shape index (κ3) is 1.33. The maximum absolute atomic E-state index is 5.49. The predicted octanol–water partition coefficient (Wildman–Crippen LogP) is 0.613. The topological polar surface area (TPSA) is 48.1 Å². The van der Waals surface area contributed by atoms with Crippen LogP contribution in [0, 0.1) is 0 Å². The summed E-state index contributed by atoms with van der Waals surface area (Å²) in [5, 5.41) is 0. The van der Waals surface area contributed by atoms with Gasteiger partial charge in [0.15, 0.2) is 0 Å². The SMILES string of the molecule is NCc1ccc2c(n1)CCOC2. The van der Waals surface area contributed by atoms with Crippen molar-refractivity contribution >= 4 is 0 Å². The Kier molecular flexibility index (Phi) is 2.06. The molecule has 2 heterocycles. The van der Waals surface area contributed by atoms with Crippen LogP contribution in [0.4, 0.5) is 0 Å². The monoisotopic (exact) mass is 164 g/mol. The van der Waals surface area contributed by atoms with Crippen LogP contribution >= 0.6 is 0 Å². The molecule has 0 saturated carbocycles. The second-order valence-electron chi connectivity index (χ2n) is 2.92. The molecule has 0 unspecified atom stereocenters. The Morgan fingerprint density at radius 2 is 2.42 bits per heavy atom. The maximum Gasteiger partial charge on any atom is 0.0734 e. The van der Waals surface area contributed by atoms with E-state index < -0.39 is 0 Å². The summed E-state index contributed by atoms with van der Waals surface area (Å²) in [5.41, 5.74) is 8.82. The van der Waals surface area contributed by atoms with Crippen molar-refractivity contribution in [3.63, 3.8) is 0 Å². The van der Waals surface area contributed by atoms with E-state index in [1.807, 2.05) is 6.07 Å². The smallest absolute Gasteiger partial charge is 0.0734 e. The molecule has 64 valence electrons. The van der Waals surface area contributed by atoms with Crippen LogP contribution in [0.2, 0.25) is 0 Å². The minimum absolute atomic E-state index is 0.522. The second kappa shape index (κ2) is 3.21. The van der Waals surface area contributed by atoms with Gasteiger partial charge < -0.3 is 10.5 Å². The number of ether oxygens (including phenoxy) is 1. The number of pyridine rings is 1. The highest BCUT2D eigenvalue weighted by Crippen LogP contribution is 2.14. The predicted molar refractivity (Wildman–Crippen MR) is 45.5 cm³/mol. The molecule has 1 aliphatic heterocycles. The van der Waals surface area contributed by atoms with E-state index in [2.05, 4.69) is 11.1 Å². The molecule has 3 nitrogen and oxygen atoms in total. The fourth-order valence-electron chi connectivity index (χ4n) is 1.39. The molecule has 0 fully saturated rings. The molecule has 0 atom stereocenters. The Bertz CT molecular complexity index is 286. The van der Waals surface area contributed by atoms with Gasteiger partial charge in [0.1, 0.15) is 0 Å². The third-order valence-corrected chi connectivity index (χ3v) is 2.08. The van der Waals surface area contributed by atoms with Gasteiger partial charge in [-0.25, -0.2) is 0 Å². The Balaban J connectivity index is 2.36. The molecule has 0 bridgehead atoms. The number of aromatic nitrogens is 1. The van der Waals surface area contributed by atoms with E-state index in [0.29, 0.717) is 13.2 Å². The lowest BCUT2D eigenvalue weighted by molar-refractivity contribution is 0.109. The number of nitrogens with two attached hydrogens (primary N) is 1. The van der Waals surface area contributed by atoms with E-state index in [1.165, 1.54) is 5.56 Å². The highest BCUT2D eigenvalue weighted by atomic mass is 16.5. The lowest BCUT2D eigenvalue weighted by Gasteiger charge is -2.15. The number of hydrogen-bond acceptors (Lipinski definition) is 3. The van der Waals surface area contributed by atoms with Gasteiger partial charge in [0.2, 0.25) is 0 Å². The average molecular weight is 164 g/mol. The van der Waals surface area contributed by atoms with Crippen molar-refractivity contribution < 1.29 is 4.74 Å². The zero-order chi connectivity index (χ0) is 8.39.